The van der Waals surface area contributed by atoms with Crippen molar-refractivity contribution in [2.45, 2.75) is 31.6 Å². The summed E-state index contributed by atoms with van der Waals surface area (Å²) in [5.41, 5.74) is 0.289. The smallest absolute Gasteiger partial charge is 0.426 e. The fourth-order valence-electron chi connectivity index (χ4n) is 2.44. The van der Waals surface area contributed by atoms with Crippen LogP contribution in [-0.4, -0.2) is 37.3 Å². The summed E-state index contributed by atoms with van der Waals surface area (Å²) in [6, 6.07) is 8.67. The minimum absolute atomic E-state index is 0.166. The zero-order valence-electron chi connectivity index (χ0n) is 15.5. The Hall–Kier alpha value is -3.07. The number of hydrogen-bond acceptors (Lipinski definition) is 6. The number of phenols is 1. The molecule has 0 fully saturated rings. The van der Waals surface area contributed by atoms with Crippen LogP contribution in [0.5, 0.6) is 5.75 Å². The van der Waals surface area contributed by atoms with Crippen molar-refractivity contribution in [3.8, 4) is 5.75 Å². The summed E-state index contributed by atoms with van der Waals surface area (Å²) in [4.78, 5) is 23.3. The number of amides is 1. The van der Waals surface area contributed by atoms with E-state index in [0.717, 1.165) is 18.9 Å². The van der Waals surface area contributed by atoms with Gasteiger partial charge in [0.15, 0.2) is 0 Å². The number of carboxylic acid groups (broad SMARTS) is 1. The first-order valence-corrected chi connectivity index (χ1v) is 9.97. The lowest BCUT2D eigenvalue weighted by Gasteiger charge is -2.20. The summed E-state index contributed by atoms with van der Waals surface area (Å²) >= 11 is 0. The number of benzene rings is 2. The quantitative estimate of drug-likeness (QED) is 0.532. The van der Waals surface area contributed by atoms with E-state index < -0.39 is 22.1 Å². The van der Waals surface area contributed by atoms with Gasteiger partial charge in [-0.15, -0.1) is 0 Å². The molecule has 150 valence electrons. The summed E-state index contributed by atoms with van der Waals surface area (Å²) in [5.74, 6) is -0.881. The van der Waals surface area contributed by atoms with E-state index in [0.29, 0.717) is 0 Å². The van der Waals surface area contributed by atoms with Crippen LogP contribution in [0.4, 0.5) is 10.5 Å². The number of unbranched alkanes of at least 4 members (excludes halogenated alkanes) is 1. The van der Waals surface area contributed by atoms with Crippen LogP contribution in [0.1, 0.15) is 35.7 Å². The monoisotopic (exact) mass is 407 g/mol. The lowest BCUT2D eigenvalue weighted by atomic mass is 10.2. The Kier molecular flexibility index (Phi) is 6.63. The van der Waals surface area contributed by atoms with Crippen LogP contribution in [-0.2, 0) is 14.8 Å². The first kappa shape index (κ1) is 21.2. The molecular formula is C19H21NO7S. The summed E-state index contributed by atoms with van der Waals surface area (Å²) in [5, 5.41) is 19.1. The molecule has 0 atom stereocenters. The predicted molar refractivity (Wildman–Crippen MR) is 102 cm³/mol. The van der Waals surface area contributed by atoms with Crippen LogP contribution in [0, 0.1) is 6.92 Å². The number of rotatable bonds is 7. The van der Waals surface area contributed by atoms with Gasteiger partial charge in [-0.3, -0.25) is 0 Å². The van der Waals surface area contributed by atoms with Crippen LogP contribution in [0.2, 0.25) is 0 Å². The predicted octanol–water partition coefficient (Wildman–Crippen LogP) is 3.53. The fourth-order valence-corrected chi connectivity index (χ4v) is 3.99. The minimum Gasteiger partial charge on any atom is -0.508 e. The van der Waals surface area contributed by atoms with Crippen LogP contribution in [0.15, 0.2) is 47.4 Å². The highest BCUT2D eigenvalue weighted by atomic mass is 32.2. The minimum atomic E-state index is -4.50. The lowest BCUT2D eigenvalue weighted by Crippen LogP contribution is -2.36. The van der Waals surface area contributed by atoms with E-state index in [9.17, 15) is 28.2 Å². The number of hydrogen-bond donors (Lipinski definition) is 2. The lowest BCUT2D eigenvalue weighted by molar-refractivity contribution is 0.0499. The standard InChI is InChI=1S/C19H21NO7S/c1-3-4-11-27-18(22)14-6-8-15(9-7-14)20(19(23)24)28(25,26)17-12-16(21)10-5-13(17)2/h5-10,12,21H,3-4,11H2,1-2H3,(H,23,24). The van der Waals surface area contributed by atoms with Crippen LogP contribution >= 0.6 is 0 Å². The number of anilines is 1. The van der Waals surface area contributed by atoms with Gasteiger partial charge in [0.05, 0.1) is 22.8 Å². The zero-order chi connectivity index (χ0) is 20.9. The maximum Gasteiger partial charge on any atom is 0.426 e. The van der Waals surface area contributed by atoms with Gasteiger partial charge in [-0.1, -0.05) is 19.4 Å². The highest BCUT2D eigenvalue weighted by Gasteiger charge is 2.32. The molecule has 2 rings (SSSR count). The molecule has 28 heavy (non-hydrogen) atoms. The number of carbonyl (C=O) groups excluding carboxylic acids is 1. The van der Waals surface area contributed by atoms with E-state index in [4.69, 9.17) is 4.74 Å². The van der Waals surface area contributed by atoms with Gasteiger partial charge in [0.1, 0.15) is 5.75 Å². The molecule has 9 heteroatoms. The molecule has 8 nitrogen and oxygen atoms in total. The van der Waals surface area contributed by atoms with Crippen LogP contribution in [0.25, 0.3) is 0 Å². The van der Waals surface area contributed by atoms with Crippen molar-refractivity contribution in [1.82, 2.24) is 0 Å². The Morgan fingerprint density at radius 1 is 1.11 bits per heavy atom. The van der Waals surface area contributed by atoms with Crippen molar-refractivity contribution in [3.63, 3.8) is 0 Å². The molecule has 0 heterocycles. The molecule has 0 aliphatic rings. The van der Waals surface area contributed by atoms with Crippen molar-refractivity contribution in [1.29, 1.82) is 0 Å². The molecule has 2 aromatic rings. The molecule has 0 aliphatic carbocycles. The fraction of sp³-hybridized carbons (Fsp3) is 0.263. The summed E-state index contributed by atoms with van der Waals surface area (Å²) < 4.78 is 31.0. The molecule has 0 aliphatic heterocycles. The first-order chi connectivity index (χ1) is 13.2. The SMILES string of the molecule is CCCCOC(=O)c1ccc(N(C(=O)O)S(=O)(=O)c2cc(O)ccc2C)cc1. The molecular weight excluding hydrogens is 386 g/mol. The van der Waals surface area contributed by atoms with Gasteiger partial charge in [0.25, 0.3) is 10.0 Å². The van der Waals surface area contributed by atoms with E-state index in [1.54, 1.807) is 0 Å². The van der Waals surface area contributed by atoms with Gasteiger partial charge in [-0.25, -0.2) is 18.0 Å². The van der Waals surface area contributed by atoms with Crippen molar-refractivity contribution in [3.05, 3.63) is 53.6 Å². The maximum atomic E-state index is 12.9. The second-order valence-electron chi connectivity index (χ2n) is 6.04. The molecule has 0 saturated carbocycles. The number of ether oxygens (including phenoxy) is 1. The average molecular weight is 407 g/mol. The highest BCUT2D eigenvalue weighted by Crippen LogP contribution is 2.28. The molecule has 0 spiro atoms. The van der Waals surface area contributed by atoms with Gasteiger partial charge in [0, 0.05) is 6.07 Å². The van der Waals surface area contributed by atoms with Crippen molar-refractivity contribution in [2.24, 2.45) is 0 Å². The van der Waals surface area contributed by atoms with E-state index in [2.05, 4.69) is 0 Å². The number of carbonyl (C=O) groups is 2. The normalized spacial score (nSPS) is 11.1. The van der Waals surface area contributed by atoms with Gasteiger partial charge >= 0.3 is 12.1 Å². The van der Waals surface area contributed by atoms with E-state index in [-0.39, 0.29) is 38.4 Å². The largest absolute Gasteiger partial charge is 0.508 e. The number of sulfonamides is 1. The summed E-state index contributed by atoms with van der Waals surface area (Å²) in [6.45, 7) is 3.71. The third-order valence-corrected chi connectivity index (χ3v) is 5.78. The van der Waals surface area contributed by atoms with Gasteiger partial charge in [0.2, 0.25) is 0 Å². The highest BCUT2D eigenvalue weighted by molar-refractivity contribution is 7.93. The molecule has 0 aromatic heterocycles. The third-order valence-electron chi connectivity index (χ3n) is 3.93. The molecule has 2 aromatic carbocycles. The molecule has 2 N–H and O–H groups in total. The first-order valence-electron chi connectivity index (χ1n) is 8.53. The summed E-state index contributed by atoms with van der Waals surface area (Å²) in [6.07, 6.45) is -0.134. The Morgan fingerprint density at radius 3 is 2.32 bits per heavy atom. The van der Waals surface area contributed by atoms with Gasteiger partial charge in [-0.2, -0.15) is 4.31 Å². The Morgan fingerprint density at radius 2 is 1.75 bits per heavy atom. The van der Waals surface area contributed by atoms with Gasteiger partial charge < -0.3 is 14.9 Å². The van der Waals surface area contributed by atoms with E-state index >= 15 is 0 Å². The molecule has 0 bridgehead atoms. The Bertz CT molecular complexity index is 968. The number of nitrogens with zero attached hydrogens (tertiary/aromatic N) is 1. The van der Waals surface area contributed by atoms with Crippen molar-refractivity contribution >= 4 is 27.8 Å². The summed E-state index contributed by atoms with van der Waals surface area (Å²) in [7, 11) is -4.50. The number of esters is 1. The zero-order valence-corrected chi connectivity index (χ0v) is 16.3. The molecule has 0 unspecified atom stereocenters. The molecule has 0 saturated heterocycles. The number of phenolic OH excluding ortho intramolecular Hbond substituents is 1. The van der Waals surface area contributed by atoms with Crippen LogP contribution < -0.4 is 4.31 Å². The van der Waals surface area contributed by atoms with E-state index in [1.165, 1.54) is 43.3 Å². The van der Waals surface area contributed by atoms with Crippen molar-refractivity contribution < 1.29 is 33.0 Å². The maximum absolute atomic E-state index is 12.9. The molecule has 0 radical (unpaired) electrons. The second-order valence-corrected chi connectivity index (χ2v) is 7.79. The molecule has 1 amide bonds. The third kappa shape index (κ3) is 4.61. The average Bonchev–Trinajstić information content (AvgIpc) is 2.64. The van der Waals surface area contributed by atoms with E-state index in [1.807, 2.05) is 6.92 Å². The second kappa shape index (κ2) is 8.75. The number of aromatic hydroxyl groups is 1. The van der Waals surface area contributed by atoms with Gasteiger partial charge in [-0.05, 0) is 49.2 Å². The Balaban J connectivity index is 2.38. The Labute approximate surface area is 163 Å². The topological polar surface area (TPSA) is 121 Å². The number of aryl methyl sites for hydroxylation is 1. The van der Waals surface area contributed by atoms with Crippen LogP contribution in [0.3, 0.4) is 0 Å². The van der Waals surface area contributed by atoms with Crippen molar-refractivity contribution in [2.75, 3.05) is 10.9 Å².